The minimum Gasteiger partial charge on any atom is -0.334 e. The molecule has 7 heteroatoms. The highest BCUT2D eigenvalue weighted by Crippen LogP contribution is 2.25. The van der Waals surface area contributed by atoms with Crippen LogP contribution in [-0.2, 0) is 0 Å². The van der Waals surface area contributed by atoms with E-state index in [1.165, 1.54) is 0 Å². The van der Waals surface area contributed by atoms with E-state index in [1.54, 1.807) is 10.9 Å². The summed E-state index contributed by atoms with van der Waals surface area (Å²) in [6.45, 7) is 5.34. The second kappa shape index (κ2) is 8.21. The van der Waals surface area contributed by atoms with E-state index in [0.717, 1.165) is 30.8 Å². The molecule has 1 aliphatic rings. The smallest absolute Gasteiger partial charge is 0.257 e. The van der Waals surface area contributed by atoms with Crippen LogP contribution in [0.15, 0.2) is 30.5 Å². The number of rotatable bonds is 3. The lowest BCUT2D eigenvalue weighted by Crippen LogP contribution is -2.49. The molecule has 3 rings (SSSR count). The molecular weight excluding hydrogens is 359 g/mol. The number of nitrogens with zero attached hydrogens (tertiary/aromatic N) is 3. The van der Waals surface area contributed by atoms with Crippen LogP contribution in [0.25, 0.3) is 5.69 Å². The van der Waals surface area contributed by atoms with Crippen molar-refractivity contribution < 1.29 is 4.79 Å². The van der Waals surface area contributed by atoms with Gasteiger partial charge in [0.15, 0.2) is 0 Å². The fraction of sp³-hybridized carbons (Fsp3) is 0.444. The maximum absolute atomic E-state index is 13.0. The van der Waals surface area contributed by atoms with Crippen LogP contribution in [0.2, 0.25) is 5.02 Å². The summed E-state index contributed by atoms with van der Waals surface area (Å²) < 4.78 is 1.73. The molecule has 1 aromatic carbocycles. The lowest BCUT2D eigenvalue weighted by molar-refractivity contribution is 0.0573. The van der Waals surface area contributed by atoms with Crippen LogP contribution in [0, 0.1) is 12.8 Å². The van der Waals surface area contributed by atoms with E-state index in [1.807, 2.05) is 36.1 Å². The molecule has 0 radical (unpaired) electrons. The summed E-state index contributed by atoms with van der Waals surface area (Å²) in [5.74, 6) is 0.635. The van der Waals surface area contributed by atoms with Crippen LogP contribution in [0.5, 0.6) is 0 Å². The quantitative estimate of drug-likeness (QED) is 0.883. The highest BCUT2D eigenvalue weighted by Gasteiger charge is 2.31. The summed E-state index contributed by atoms with van der Waals surface area (Å²) in [6, 6.07) is 7.50. The van der Waals surface area contributed by atoms with Crippen molar-refractivity contribution in [1.82, 2.24) is 14.7 Å². The van der Waals surface area contributed by atoms with Gasteiger partial charge in [-0.3, -0.25) is 4.79 Å². The van der Waals surface area contributed by atoms with Gasteiger partial charge < -0.3 is 10.6 Å². The van der Waals surface area contributed by atoms with Crippen LogP contribution in [0.3, 0.4) is 0 Å². The van der Waals surface area contributed by atoms with Crippen LogP contribution in [0.4, 0.5) is 0 Å². The third-order valence-electron chi connectivity index (χ3n) is 4.73. The monoisotopic (exact) mass is 382 g/mol. The van der Waals surface area contributed by atoms with E-state index in [2.05, 4.69) is 12.0 Å². The zero-order chi connectivity index (χ0) is 17.3. The first-order valence-corrected chi connectivity index (χ1v) is 8.70. The average Bonchev–Trinajstić information content (AvgIpc) is 2.96. The molecule has 136 valence electrons. The summed E-state index contributed by atoms with van der Waals surface area (Å²) in [4.78, 5) is 14.9. The fourth-order valence-electron chi connectivity index (χ4n) is 3.29. The summed E-state index contributed by atoms with van der Waals surface area (Å²) in [7, 11) is 0. The van der Waals surface area contributed by atoms with Crippen molar-refractivity contribution in [1.29, 1.82) is 0 Å². The Morgan fingerprint density at radius 2 is 2.04 bits per heavy atom. The molecule has 0 bridgehead atoms. The second-order valence-corrected chi connectivity index (χ2v) is 7.00. The molecular formula is C18H24Cl2N4O. The number of hydrogen-bond acceptors (Lipinski definition) is 3. The van der Waals surface area contributed by atoms with Crippen molar-refractivity contribution in [2.75, 3.05) is 13.1 Å². The number of carbonyl (C=O) groups is 1. The highest BCUT2D eigenvalue weighted by atomic mass is 35.5. The van der Waals surface area contributed by atoms with Crippen molar-refractivity contribution in [3.05, 3.63) is 46.7 Å². The van der Waals surface area contributed by atoms with Gasteiger partial charge in [0.05, 0.1) is 16.9 Å². The first-order valence-electron chi connectivity index (χ1n) is 8.33. The summed E-state index contributed by atoms with van der Waals surface area (Å²) >= 11 is 5.93. The maximum Gasteiger partial charge on any atom is 0.257 e. The van der Waals surface area contributed by atoms with Gasteiger partial charge in [0.25, 0.3) is 5.91 Å². The van der Waals surface area contributed by atoms with Crippen LogP contribution in [-0.4, -0.2) is 39.7 Å². The first kappa shape index (κ1) is 19.8. The summed E-state index contributed by atoms with van der Waals surface area (Å²) in [6.07, 6.45) is 3.78. The fourth-order valence-corrected chi connectivity index (χ4v) is 3.42. The standard InChI is InChI=1S/C18H23ClN4O.ClH/c1-12-7-8-22(16(9-12)10-20)18(24)17-11-23(21-13(17)2)15-5-3-14(19)4-6-15;/h3-6,11-12,16H,7-10,20H2,1-2H3;1H. The molecule has 2 aromatic rings. The molecule has 5 nitrogen and oxygen atoms in total. The molecule has 0 saturated carbocycles. The Hall–Kier alpha value is -1.56. The zero-order valence-corrected chi connectivity index (χ0v) is 16.1. The van der Waals surface area contributed by atoms with E-state index >= 15 is 0 Å². The average molecular weight is 383 g/mol. The molecule has 25 heavy (non-hydrogen) atoms. The van der Waals surface area contributed by atoms with Gasteiger partial charge in [0.1, 0.15) is 0 Å². The van der Waals surface area contributed by atoms with Crippen molar-refractivity contribution >= 4 is 29.9 Å². The second-order valence-electron chi connectivity index (χ2n) is 6.57. The van der Waals surface area contributed by atoms with Crippen molar-refractivity contribution in [3.63, 3.8) is 0 Å². The number of halogens is 2. The third-order valence-corrected chi connectivity index (χ3v) is 4.98. The molecule has 2 unspecified atom stereocenters. The number of aromatic nitrogens is 2. The number of hydrogen-bond donors (Lipinski definition) is 1. The van der Waals surface area contributed by atoms with Gasteiger partial charge in [-0.05, 0) is 49.9 Å². The normalized spacial score (nSPS) is 20.2. The SMILES string of the molecule is Cc1nn(-c2ccc(Cl)cc2)cc1C(=O)N1CCC(C)CC1CN.Cl. The Kier molecular flexibility index (Phi) is 6.49. The lowest BCUT2D eigenvalue weighted by Gasteiger charge is -2.37. The molecule has 1 saturated heterocycles. The van der Waals surface area contributed by atoms with E-state index in [0.29, 0.717) is 23.0 Å². The van der Waals surface area contributed by atoms with E-state index in [4.69, 9.17) is 17.3 Å². The third kappa shape index (κ3) is 4.17. The molecule has 1 aliphatic heterocycles. The van der Waals surface area contributed by atoms with Crippen molar-refractivity contribution in [2.45, 2.75) is 32.7 Å². The van der Waals surface area contributed by atoms with Gasteiger partial charge in [-0.2, -0.15) is 5.10 Å². The number of piperidine rings is 1. The molecule has 0 spiro atoms. The molecule has 2 atom stereocenters. The van der Waals surface area contributed by atoms with E-state index in [-0.39, 0.29) is 24.4 Å². The Balaban J connectivity index is 0.00000225. The number of nitrogens with two attached hydrogens (primary N) is 1. The predicted molar refractivity (Wildman–Crippen MR) is 103 cm³/mol. The maximum atomic E-state index is 13.0. The summed E-state index contributed by atoms with van der Waals surface area (Å²) in [5.41, 5.74) is 8.14. The van der Waals surface area contributed by atoms with Crippen LogP contribution in [0.1, 0.15) is 35.8 Å². The predicted octanol–water partition coefficient (Wildman–Crippen LogP) is 3.46. The van der Waals surface area contributed by atoms with Gasteiger partial charge in [0, 0.05) is 30.4 Å². The van der Waals surface area contributed by atoms with Gasteiger partial charge >= 0.3 is 0 Å². The molecule has 1 fully saturated rings. The molecule has 0 aliphatic carbocycles. The van der Waals surface area contributed by atoms with Crippen molar-refractivity contribution in [2.24, 2.45) is 11.7 Å². The van der Waals surface area contributed by atoms with Crippen LogP contribution < -0.4 is 5.73 Å². The molecule has 2 N–H and O–H groups in total. The van der Waals surface area contributed by atoms with Crippen molar-refractivity contribution in [3.8, 4) is 5.69 Å². The number of amides is 1. The minimum absolute atomic E-state index is 0. The Labute approximate surface area is 159 Å². The number of likely N-dealkylation sites (tertiary alicyclic amines) is 1. The van der Waals surface area contributed by atoms with E-state index in [9.17, 15) is 4.79 Å². The first-order chi connectivity index (χ1) is 11.5. The van der Waals surface area contributed by atoms with Gasteiger partial charge in [-0.1, -0.05) is 18.5 Å². The zero-order valence-electron chi connectivity index (χ0n) is 14.5. The number of carbonyl (C=O) groups excluding carboxylic acids is 1. The topological polar surface area (TPSA) is 64.2 Å². The number of benzene rings is 1. The van der Waals surface area contributed by atoms with E-state index < -0.39 is 0 Å². The molecule has 1 aromatic heterocycles. The number of aryl methyl sites for hydroxylation is 1. The lowest BCUT2D eigenvalue weighted by atomic mass is 9.92. The Morgan fingerprint density at radius 3 is 2.68 bits per heavy atom. The molecule has 2 heterocycles. The summed E-state index contributed by atoms with van der Waals surface area (Å²) in [5, 5.41) is 5.16. The molecule has 1 amide bonds. The Bertz CT molecular complexity index is 729. The van der Waals surface area contributed by atoms with Gasteiger partial charge in [0.2, 0.25) is 0 Å². The van der Waals surface area contributed by atoms with Gasteiger partial charge in [-0.15, -0.1) is 12.4 Å². The van der Waals surface area contributed by atoms with Gasteiger partial charge in [-0.25, -0.2) is 4.68 Å². The van der Waals surface area contributed by atoms with Crippen LogP contribution >= 0.6 is 24.0 Å². The largest absolute Gasteiger partial charge is 0.334 e. The minimum atomic E-state index is 0. The highest BCUT2D eigenvalue weighted by molar-refractivity contribution is 6.30. The Morgan fingerprint density at radius 1 is 1.36 bits per heavy atom.